The van der Waals surface area contributed by atoms with Crippen molar-refractivity contribution >= 4 is 39.5 Å². The average Bonchev–Trinajstić information content (AvgIpc) is 2.44. The Hall–Kier alpha value is -1.33. The second-order valence-electron chi connectivity index (χ2n) is 4.84. The Morgan fingerprint density at radius 3 is 2.55 bits per heavy atom. The molecule has 0 radical (unpaired) electrons. The van der Waals surface area contributed by atoms with E-state index < -0.39 is 5.97 Å². The second kappa shape index (κ2) is 6.42. The molecule has 0 fully saturated rings. The molecule has 1 heterocycles. The molecule has 0 atom stereocenters. The molecule has 0 bridgehead atoms. The van der Waals surface area contributed by atoms with Crippen LogP contribution in [0.2, 0.25) is 5.02 Å². The van der Waals surface area contributed by atoms with Crippen molar-refractivity contribution in [3.05, 3.63) is 56.7 Å². The van der Waals surface area contributed by atoms with Crippen LogP contribution in [0.1, 0.15) is 11.1 Å². The Kier molecular flexibility index (Phi) is 4.97. The minimum absolute atomic E-state index is 0. The zero-order valence-electron chi connectivity index (χ0n) is 12.1. The number of benzene rings is 2. The zero-order chi connectivity index (χ0) is 15.1. The smallest absolute Gasteiger partial charge is 0.481 e. The number of fused-ring (bicyclic) bond motifs is 2. The van der Waals surface area contributed by atoms with Crippen molar-refractivity contribution in [3.63, 3.8) is 0 Å². The second-order valence-corrected chi connectivity index (χ2v) is 5.25. The van der Waals surface area contributed by atoms with E-state index in [1.807, 2.05) is 0 Å². The van der Waals surface area contributed by atoms with E-state index in [0.29, 0.717) is 38.1 Å². The molecule has 0 saturated heterocycles. The van der Waals surface area contributed by atoms with E-state index in [0.717, 1.165) is 0 Å². The summed E-state index contributed by atoms with van der Waals surface area (Å²) in [6.07, 6.45) is -0.203. The van der Waals surface area contributed by atoms with Gasteiger partial charge in [0, 0.05) is 16.1 Å². The van der Waals surface area contributed by atoms with Crippen LogP contribution in [0, 0.1) is 6.92 Å². The zero-order valence-corrected chi connectivity index (χ0v) is 14.9. The monoisotopic (exact) mass is 325 g/mol. The molecule has 106 valence electrons. The van der Waals surface area contributed by atoms with Gasteiger partial charge in [0.25, 0.3) is 0 Å². The Morgan fingerprint density at radius 1 is 1.18 bits per heavy atom. The minimum atomic E-state index is -0.979. The Morgan fingerprint density at radius 2 is 1.86 bits per heavy atom. The summed E-state index contributed by atoms with van der Waals surface area (Å²) in [7, 11) is 0. The predicted octanol–water partition coefficient (Wildman–Crippen LogP) is 0.539. The third-order valence-corrected chi connectivity index (χ3v) is 3.88. The number of hydrogen-bond donors (Lipinski definition) is 1. The van der Waals surface area contributed by atoms with Crippen molar-refractivity contribution < 1.29 is 43.9 Å². The van der Waals surface area contributed by atoms with E-state index in [4.69, 9.17) is 21.1 Å². The van der Waals surface area contributed by atoms with Crippen LogP contribution in [-0.2, 0) is 11.2 Å². The van der Waals surface area contributed by atoms with Crippen LogP contribution in [0.25, 0.3) is 21.9 Å². The first kappa shape index (κ1) is 17.0. The fraction of sp³-hybridized carbons (Fsp3) is 0.125. The molecule has 4 nitrogen and oxygen atoms in total. The van der Waals surface area contributed by atoms with Gasteiger partial charge in [0.2, 0.25) is 5.43 Å². The molecule has 0 amide bonds. The number of para-hydroxylation sites is 1. The summed E-state index contributed by atoms with van der Waals surface area (Å²) < 4.78 is 5.82. The van der Waals surface area contributed by atoms with Crippen LogP contribution in [0.4, 0.5) is 0 Å². The van der Waals surface area contributed by atoms with E-state index in [-0.39, 0.29) is 41.4 Å². The summed E-state index contributed by atoms with van der Waals surface area (Å²) >= 11 is 6.06. The van der Waals surface area contributed by atoms with Crippen LogP contribution < -0.4 is 35.0 Å². The number of rotatable bonds is 2. The third kappa shape index (κ3) is 2.79. The normalized spacial score (nSPS) is 10.6. The van der Waals surface area contributed by atoms with Crippen molar-refractivity contribution in [1.29, 1.82) is 0 Å². The standard InChI is InChI=1S/C16H11ClO4.Na/c1-8-12(17)6-5-11-14(20)10-4-2-3-9(7-13(18)19)16(10)21-15(8)11;/h2-6H,7H2,1H3,(H,18,19);/q;+1. The van der Waals surface area contributed by atoms with Crippen LogP contribution in [0.15, 0.2) is 39.5 Å². The number of carbonyl (C=O) groups is 1. The molecule has 0 saturated carbocycles. The summed E-state index contributed by atoms with van der Waals surface area (Å²) in [6, 6.07) is 8.22. The van der Waals surface area contributed by atoms with Crippen molar-refractivity contribution in [3.8, 4) is 0 Å². The van der Waals surface area contributed by atoms with E-state index in [9.17, 15) is 9.59 Å². The molecule has 2 aromatic carbocycles. The van der Waals surface area contributed by atoms with Crippen molar-refractivity contribution in [2.75, 3.05) is 0 Å². The van der Waals surface area contributed by atoms with Crippen molar-refractivity contribution in [2.24, 2.45) is 0 Å². The number of aryl methyl sites for hydroxylation is 1. The van der Waals surface area contributed by atoms with Gasteiger partial charge in [-0.1, -0.05) is 23.7 Å². The summed E-state index contributed by atoms with van der Waals surface area (Å²) in [6.45, 7) is 1.76. The molecule has 1 N–H and O–H groups in total. The number of carboxylic acids is 1. The van der Waals surface area contributed by atoms with Crippen LogP contribution in [-0.4, -0.2) is 11.1 Å². The maximum Gasteiger partial charge on any atom is 1.00 e. The van der Waals surface area contributed by atoms with Gasteiger partial charge in [0.15, 0.2) is 0 Å². The van der Waals surface area contributed by atoms with Crippen LogP contribution in [0.5, 0.6) is 0 Å². The molecule has 0 aliphatic rings. The van der Waals surface area contributed by atoms with Gasteiger partial charge in [-0.3, -0.25) is 9.59 Å². The van der Waals surface area contributed by atoms with Gasteiger partial charge in [0.1, 0.15) is 11.2 Å². The first-order valence-corrected chi connectivity index (χ1v) is 6.72. The molecule has 22 heavy (non-hydrogen) atoms. The van der Waals surface area contributed by atoms with E-state index >= 15 is 0 Å². The molecule has 3 aromatic rings. The molecular weight excluding hydrogens is 315 g/mol. The van der Waals surface area contributed by atoms with Crippen molar-refractivity contribution in [1.82, 2.24) is 0 Å². The topological polar surface area (TPSA) is 67.5 Å². The minimum Gasteiger partial charge on any atom is -0.481 e. The largest absolute Gasteiger partial charge is 1.00 e. The van der Waals surface area contributed by atoms with Crippen LogP contribution >= 0.6 is 11.6 Å². The molecule has 0 unspecified atom stereocenters. The van der Waals surface area contributed by atoms with Gasteiger partial charge in [-0.05, 0) is 25.1 Å². The molecule has 6 heteroatoms. The maximum absolute atomic E-state index is 12.5. The summed E-state index contributed by atoms with van der Waals surface area (Å²) in [4.78, 5) is 23.5. The molecule has 1 aromatic heterocycles. The number of carboxylic acid groups (broad SMARTS) is 1. The molecular formula is C16H11ClNaO4+. The molecule has 3 rings (SSSR count). The first-order chi connectivity index (χ1) is 9.99. The fourth-order valence-corrected chi connectivity index (χ4v) is 2.56. The van der Waals surface area contributed by atoms with Gasteiger partial charge in [-0.25, -0.2) is 0 Å². The summed E-state index contributed by atoms with van der Waals surface area (Å²) in [5, 5.41) is 10.3. The first-order valence-electron chi connectivity index (χ1n) is 6.34. The Labute approximate surface area is 153 Å². The Balaban J connectivity index is 0.00000176. The summed E-state index contributed by atoms with van der Waals surface area (Å²) in [5.41, 5.74) is 1.66. The number of hydrogen-bond acceptors (Lipinski definition) is 3. The summed E-state index contributed by atoms with van der Waals surface area (Å²) in [5.74, 6) is -0.979. The van der Waals surface area contributed by atoms with Gasteiger partial charge in [-0.15, -0.1) is 0 Å². The van der Waals surface area contributed by atoms with Gasteiger partial charge in [0.05, 0.1) is 17.2 Å². The van der Waals surface area contributed by atoms with Gasteiger partial charge < -0.3 is 9.52 Å². The van der Waals surface area contributed by atoms with Gasteiger partial charge >= 0.3 is 35.5 Å². The van der Waals surface area contributed by atoms with E-state index in [1.165, 1.54) is 0 Å². The fourth-order valence-electron chi connectivity index (χ4n) is 2.41. The third-order valence-electron chi connectivity index (χ3n) is 3.47. The quantitative estimate of drug-likeness (QED) is 0.551. The molecule has 0 spiro atoms. The maximum atomic E-state index is 12.5. The van der Waals surface area contributed by atoms with Crippen molar-refractivity contribution in [2.45, 2.75) is 13.3 Å². The Bertz CT molecular complexity index is 946. The average molecular weight is 326 g/mol. The van der Waals surface area contributed by atoms with Crippen LogP contribution in [0.3, 0.4) is 0 Å². The molecule has 0 aliphatic heterocycles. The number of aliphatic carboxylic acids is 1. The molecule has 0 aliphatic carbocycles. The van der Waals surface area contributed by atoms with E-state index in [2.05, 4.69) is 0 Å². The number of halogens is 1. The van der Waals surface area contributed by atoms with Gasteiger partial charge in [-0.2, -0.15) is 0 Å². The van der Waals surface area contributed by atoms with E-state index in [1.54, 1.807) is 37.3 Å². The SMILES string of the molecule is Cc1c(Cl)ccc2c(=O)c3cccc(CC(=O)O)c3oc12.[Na+]. The predicted molar refractivity (Wildman–Crippen MR) is 81.1 cm³/mol.